The number of pyridine rings is 2. The molecule has 2 heterocycles. The third-order valence-electron chi connectivity index (χ3n) is 5.27. The fraction of sp³-hybridized carbons (Fsp3) is 0.304. The maximum absolute atomic E-state index is 13.1. The molecular formula is C23H24ClFN4. The Bertz CT molecular complexity index is 955. The van der Waals surface area contributed by atoms with Gasteiger partial charge < -0.3 is 10.6 Å². The molecule has 1 fully saturated rings. The number of nitrogens with one attached hydrogen (secondary N) is 2. The SMILES string of the molecule is Fc1ccc(CNc2cncc(-c3cc(NC4CCCCC4)ncc3Cl)c2)cc1. The first kappa shape index (κ1) is 19.6. The van der Waals surface area contributed by atoms with E-state index < -0.39 is 0 Å². The summed E-state index contributed by atoms with van der Waals surface area (Å²) in [6.45, 7) is 0.587. The minimum absolute atomic E-state index is 0.234. The van der Waals surface area contributed by atoms with Gasteiger partial charge in [0.15, 0.2) is 0 Å². The van der Waals surface area contributed by atoms with Gasteiger partial charge in [-0.2, -0.15) is 0 Å². The van der Waals surface area contributed by atoms with Crippen LogP contribution in [0, 0.1) is 5.82 Å². The fourth-order valence-corrected chi connectivity index (χ4v) is 3.90. The van der Waals surface area contributed by atoms with Crippen LogP contribution in [0.1, 0.15) is 37.7 Å². The standard InChI is InChI=1S/C23H24ClFN4/c24-22-15-28-23(29-19-4-2-1-3-5-19)11-21(22)17-10-20(14-26-13-17)27-12-16-6-8-18(25)9-7-16/h6-11,13-15,19,27H,1-5,12H2,(H,28,29). The summed E-state index contributed by atoms with van der Waals surface area (Å²) in [7, 11) is 0. The number of hydrogen-bond donors (Lipinski definition) is 2. The van der Waals surface area contributed by atoms with Crippen molar-refractivity contribution in [2.24, 2.45) is 0 Å². The Labute approximate surface area is 175 Å². The van der Waals surface area contributed by atoms with Crippen LogP contribution >= 0.6 is 11.6 Å². The lowest BCUT2D eigenvalue weighted by molar-refractivity contribution is 0.462. The van der Waals surface area contributed by atoms with E-state index in [4.69, 9.17) is 11.6 Å². The molecule has 150 valence electrons. The molecule has 2 aromatic heterocycles. The number of aromatic nitrogens is 2. The summed E-state index contributed by atoms with van der Waals surface area (Å²) in [4.78, 5) is 8.81. The van der Waals surface area contributed by atoms with E-state index in [-0.39, 0.29) is 5.82 Å². The van der Waals surface area contributed by atoms with Gasteiger partial charge in [-0.15, -0.1) is 0 Å². The zero-order chi connectivity index (χ0) is 20.1. The molecule has 1 aliphatic rings. The van der Waals surface area contributed by atoms with E-state index >= 15 is 0 Å². The maximum atomic E-state index is 13.1. The van der Waals surface area contributed by atoms with E-state index in [1.165, 1.54) is 44.2 Å². The summed E-state index contributed by atoms with van der Waals surface area (Å²) in [5.74, 6) is 0.614. The first-order valence-corrected chi connectivity index (χ1v) is 10.4. The van der Waals surface area contributed by atoms with Crippen molar-refractivity contribution in [3.05, 3.63) is 71.4 Å². The van der Waals surface area contributed by atoms with Crippen LogP contribution < -0.4 is 10.6 Å². The van der Waals surface area contributed by atoms with Crippen molar-refractivity contribution in [3.63, 3.8) is 0 Å². The second-order valence-electron chi connectivity index (χ2n) is 7.47. The largest absolute Gasteiger partial charge is 0.380 e. The summed E-state index contributed by atoms with van der Waals surface area (Å²) in [6, 6.07) is 10.9. The van der Waals surface area contributed by atoms with Crippen molar-refractivity contribution >= 4 is 23.1 Å². The van der Waals surface area contributed by atoms with Crippen LogP contribution in [0.3, 0.4) is 0 Å². The molecular weight excluding hydrogens is 387 g/mol. The Hall–Kier alpha value is -2.66. The second kappa shape index (κ2) is 9.23. The Morgan fingerprint density at radius 2 is 1.79 bits per heavy atom. The number of rotatable bonds is 6. The minimum Gasteiger partial charge on any atom is -0.380 e. The van der Waals surface area contributed by atoms with E-state index in [9.17, 15) is 4.39 Å². The predicted octanol–water partition coefficient (Wildman–Crippen LogP) is 6.29. The molecule has 1 aliphatic carbocycles. The quantitative estimate of drug-likeness (QED) is 0.501. The van der Waals surface area contributed by atoms with Crippen LogP contribution in [0.2, 0.25) is 5.02 Å². The molecule has 0 amide bonds. The van der Waals surface area contributed by atoms with Gasteiger partial charge in [-0.3, -0.25) is 4.98 Å². The molecule has 2 N–H and O–H groups in total. The van der Waals surface area contributed by atoms with Crippen LogP contribution in [-0.2, 0) is 6.54 Å². The van der Waals surface area contributed by atoms with Crippen LogP contribution in [0.5, 0.6) is 0 Å². The predicted molar refractivity (Wildman–Crippen MR) is 117 cm³/mol. The fourth-order valence-electron chi connectivity index (χ4n) is 3.69. The molecule has 0 saturated heterocycles. The molecule has 0 aliphatic heterocycles. The van der Waals surface area contributed by atoms with Crippen LogP contribution in [0.15, 0.2) is 55.0 Å². The Morgan fingerprint density at radius 3 is 2.59 bits per heavy atom. The molecule has 0 unspecified atom stereocenters. The molecule has 4 nitrogen and oxygen atoms in total. The van der Waals surface area contributed by atoms with Gasteiger partial charge in [0.25, 0.3) is 0 Å². The zero-order valence-corrected chi connectivity index (χ0v) is 16.9. The van der Waals surface area contributed by atoms with Crippen molar-refractivity contribution in [2.45, 2.75) is 44.7 Å². The first-order chi connectivity index (χ1) is 14.2. The molecule has 1 saturated carbocycles. The molecule has 4 rings (SSSR count). The van der Waals surface area contributed by atoms with Gasteiger partial charge in [-0.25, -0.2) is 9.37 Å². The average molecular weight is 411 g/mol. The normalized spacial score (nSPS) is 14.6. The third-order valence-corrected chi connectivity index (χ3v) is 5.57. The van der Waals surface area contributed by atoms with Crippen molar-refractivity contribution < 1.29 is 4.39 Å². The molecule has 3 aromatic rings. The molecule has 0 bridgehead atoms. The van der Waals surface area contributed by atoms with Crippen LogP contribution in [-0.4, -0.2) is 16.0 Å². The second-order valence-corrected chi connectivity index (χ2v) is 7.88. The van der Waals surface area contributed by atoms with Crippen LogP contribution in [0.4, 0.5) is 15.9 Å². The highest BCUT2D eigenvalue weighted by molar-refractivity contribution is 6.33. The maximum Gasteiger partial charge on any atom is 0.126 e. The molecule has 6 heteroatoms. The minimum atomic E-state index is -0.234. The summed E-state index contributed by atoms with van der Waals surface area (Å²) in [6.07, 6.45) is 11.5. The zero-order valence-electron chi connectivity index (χ0n) is 16.2. The molecule has 0 spiro atoms. The number of anilines is 2. The Kier molecular flexibility index (Phi) is 6.25. The van der Waals surface area contributed by atoms with Gasteiger partial charge in [0.1, 0.15) is 11.6 Å². The summed E-state index contributed by atoms with van der Waals surface area (Å²) >= 11 is 6.44. The van der Waals surface area contributed by atoms with Gasteiger partial charge in [0.05, 0.1) is 10.7 Å². The Balaban J connectivity index is 1.49. The van der Waals surface area contributed by atoms with Crippen LogP contribution in [0.25, 0.3) is 11.1 Å². The number of halogens is 2. The van der Waals surface area contributed by atoms with Crippen molar-refractivity contribution in [3.8, 4) is 11.1 Å². The van der Waals surface area contributed by atoms with E-state index in [1.807, 2.05) is 12.1 Å². The highest BCUT2D eigenvalue weighted by Gasteiger charge is 2.15. The first-order valence-electron chi connectivity index (χ1n) is 10.0. The lowest BCUT2D eigenvalue weighted by atomic mass is 9.95. The van der Waals surface area contributed by atoms with Crippen molar-refractivity contribution in [1.29, 1.82) is 0 Å². The Morgan fingerprint density at radius 1 is 1.00 bits per heavy atom. The van der Waals surface area contributed by atoms with Gasteiger partial charge in [0.2, 0.25) is 0 Å². The smallest absolute Gasteiger partial charge is 0.126 e. The number of nitrogens with zero attached hydrogens (tertiary/aromatic N) is 2. The number of hydrogen-bond acceptors (Lipinski definition) is 4. The summed E-state index contributed by atoms with van der Waals surface area (Å²) in [5, 5.41) is 7.47. The molecule has 0 atom stereocenters. The van der Waals surface area contributed by atoms with Gasteiger partial charge in [-0.05, 0) is 42.7 Å². The average Bonchev–Trinajstić information content (AvgIpc) is 2.76. The topological polar surface area (TPSA) is 49.8 Å². The van der Waals surface area contributed by atoms with Gasteiger partial charge >= 0.3 is 0 Å². The lowest BCUT2D eigenvalue weighted by Gasteiger charge is -2.23. The molecule has 29 heavy (non-hydrogen) atoms. The lowest BCUT2D eigenvalue weighted by Crippen LogP contribution is -2.22. The van der Waals surface area contributed by atoms with Gasteiger partial charge in [0, 0.05) is 42.3 Å². The van der Waals surface area contributed by atoms with E-state index in [0.717, 1.165) is 28.2 Å². The van der Waals surface area contributed by atoms with E-state index in [1.54, 1.807) is 30.7 Å². The monoisotopic (exact) mass is 410 g/mol. The summed E-state index contributed by atoms with van der Waals surface area (Å²) < 4.78 is 13.1. The molecule has 1 aromatic carbocycles. The summed E-state index contributed by atoms with van der Waals surface area (Å²) in [5.41, 5.74) is 3.70. The van der Waals surface area contributed by atoms with Crippen molar-refractivity contribution in [2.75, 3.05) is 10.6 Å². The van der Waals surface area contributed by atoms with Gasteiger partial charge in [-0.1, -0.05) is 43.0 Å². The van der Waals surface area contributed by atoms with E-state index in [0.29, 0.717) is 17.6 Å². The van der Waals surface area contributed by atoms with E-state index in [2.05, 4.69) is 20.6 Å². The highest BCUT2D eigenvalue weighted by Crippen LogP contribution is 2.31. The van der Waals surface area contributed by atoms with Crippen molar-refractivity contribution in [1.82, 2.24) is 9.97 Å². The highest BCUT2D eigenvalue weighted by atomic mass is 35.5. The third kappa shape index (κ3) is 5.24. The number of benzene rings is 1. The molecule has 0 radical (unpaired) electrons.